The lowest BCUT2D eigenvalue weighted by Crippen LogP contribution is -2.43. The van der Waals surface area contributed by atoms with E-state index in [4.69, 9.17) is 0 Å². The van der Waals surface area contributed by atoms with Crippen LogP contribution in [0.5, 0.6) is 0 Å². The van der Waals surface area contributed by atoms with Crippen LogP contribution >= 0.6 is 0 Å². The van der Waals surface area contributed by atoms with Crippen LogP contribution in [-0.4, -0.2) is 29.3 Å². The van der Waals surface area contributed by atoms with E-state index in [2.05, 4.69) is 10.6 Å². The fourth-order valence-corrected chi connectivity index (χ4v) is 4.53. The summed E-state index contributed by atoms with van der Waals surface area (Å²) in [4.78, 5) is 39.7. The molecule has 1 atom stereocenters. The summed E-state index contributed by atoms with van der Waals surface area (Å²) in [5.74, 6) is -0.788. The van der Waals surface area contributed by atoms with Gasteiger partial charge in [-0.15, -0.1) is 0 Å². The highest BCUT2D eigenvalue weighted by atomic mass is 16.2. The fourth-order valence-electron chi connectivity index (χ4n) is 4.53. The molecule has 1 aliphatic carbocycles. The molecule has 3 aromatic carbocycles. The Morgan fingerprint density at radius 2 is 1.65 bits per heavy atom. The normalized spacial score (nSPS) is 19.4. The van der Waals surface area contributed by atoms with Crippen LogP contribution in [0.3, 0.4) is 0 Å². The summed E-state index contributed by atoms with van der Waals surface area (Å²) in [6, 6.07) is 24.3. The van der Waals surface area contributed by atoms with Gasteiger partial charge in [-0.2, -0.15) is 0 Å². The van der Waals surface area contributed by atoms with Crippen molar-refractivity contribution in [2.45, 2.75) is 18.4 Å². The van der Waals surface area contributed by atoms with Crippen molar-refractivity contribution in [3.8, 4) is 11.1 Å². The molecule has 1 saturated heterocycles. The highest BCUT2D eigenvalue weighted by molar-refractivity contribution is 6.11. The van der Waals surface area contributed by atoms with Crippen molar-refractivity contribution in [3.63, 3.8) is 0 Å². The van der Waals surface area contributed by atoms with Crippen LogP contribution in [0.1, 0.15) is 17.5 Å². The van der Waals surface area contributed by atoms with E-state index in [0.717, 1.165) is 27.2 Å². The third-order valence-corrected chi connectivity index (χ3v) is 6.01. The second-order valence-electron chi connectivity index (χ2n) is 7.84. The Hall–Kier alpha value is -3.93. The van der Waals surface area contributed by atoms with Crippen molar-refractivity contribution in [2.75, 3.05) is 11.9 Å². The molecule has 6 nitrogen and oxygen atoms in total. The first-order chi connectivity index (χ1) is 15.1. The molecule has 3 aromatic rings. The number of amides is 4. The van der Waals surface area contributed by atoms with Crippen molar-refractivity contribution in [1.29, 1.82) is 0 Å². The topological polar surface area (TPSA) is 78.5 Å². The molecule has 5 rings (SSSR count). The molecule has 1 spiro atoms. The van der Waals surface area contributed by atoms with Crippen LogP contribution < -0.4 is 10.6 Å². The maximum Gasteiger partial charge on any atom is 0.325 e. The number of para-hydroxylation sites is 1. The van der Waals surface area contributed by atoms with Gasteiger partial charge in [0.1, 0.15) is 12.1 Å². The minimum Gasteiger partial charge on any atom is -0.324 e. The van der Waals surface area contributed by atoms with E-state index < -0.39 is 17.5 Å². The molecule has 0 saturated carbocycles. The lowest BCUT2D eigenvalue weighted by molar-refractivity contribution is -0.134. The fraction of sp³-hybridized carbons (Fsp3) is 0.160. The number of nitrogens with zero attached hydrogens (tertiary/aromatic N) is 1. The number of benzene rings is 3. The number of carbonyl (C=O) groups is 3. The zero-order valence-corrected chi connectivity index (χ0v) is 16.8. The Morgan fingerprint density at radius 3 is 2.48 bits per heavy atom. The SMILES string of the molecule is O=C(CN1C(=O)N[C@@]2(CCc3ccccc32)C1=O)Nc1ccccc1-c1ccccc1. The predicted molar refractivity (Wildman–Crippen MR) is 117 cm³/mol. The summed E-state index contributed by atoms with van der Waals surface area (Å²) in [5.41, 5.74) is 3.29. The van der Waals surface area contributed by atoms with E-state index in [0.29, 0.717) is 18.5 Å². The van der Waals surface area contributed by atoms with Crippen molar-refractivity contribution >= 4 is 23.5 Å². The molecular weight excluding hydrogens is 390 g/mol. The molecule has 1 fully saturated rings. The van der Waals surface area contributed by atoms with E-state index in [-0.39, 0.29) is 12.5 Å². The lowest BCUT2D eigenvalue weighted by atomic mass is 9.92. The molecule has 1 aliphatic heterocycles. The summed E-state index contributed by atoms with van der Waals surface area (Å²) >= 11 is 0. The van der Waals surface area contributed by atoms with E-state index in [9.17, 15) is 14.4 Å². The Labute approximate surface area is 179 Å². The lowest BCUT2D eigenvalue weighted by Gasteiger charge is -2.22. The number of urea groups is 1. The average molecular weight is 411 g/mol. The maximum absolute atomic E-state index is 13.2. The highest BCUT2D eigenvalue weighted by Gasteiger charge is 2.55. The molecule has 31 heavy (non-hydrogen) atoms. The average Bonchev–Trinajstić information content (AvgIpc) is 3.28. The highest BCUT2D eigenvalue weighted by Crippen LogP contribution is 2.41. The van der Waals surface area contributed by atoms with E-state index >= 15 is 0 Å². The van der Waals surface area contributed by atoms with Gasteiger partial charge >= 0.3 is 6.03 Å². The largest absolute Gasteiger partial charge is 0.325 e. The van der Waals surface area contributed by atoms with Crippen LogP contribution in [-0.2, 0) is 21.5 Å². The van der Waals surface area contributed by atoms with E-state index in [1.165, 1.54) is 0 Å². The van der Waals surface area contributed by atoms with Crippen LogP contribution in [0.4, 0.5) is 10.5 Å². The summed E-state index contributed by atoms with van der Waals surface area (Å²) in [6.07, 6.45) is 1.22. The first kappa shape index (κ1) is 19.1. The van der Waals surface area contributed by atoms with Gasteiger partial charge in [-0.25, -0.2) is 4.79 Å². The molecule has 0 unspecified atom stereocenters. The van der Waals surface area contributed by atoms with Crippen molar-refractivity contribution in [1.82, 2.24) is 10.2 Å². The van der Waals surface area contributed by atoms with Crippen LogP contribution in [0.15, 0.2) is 78.9 Å². The molecule has 0 bridgehead atoms. The van der Waals surface area contributed by atoms with Gasteiger partial charge in [-0.1, -0.05) is 72.8 Å². The number of imide groups is 1. The second-order valence-corrected chi connectivity index (χ2v) is 7.84. The molecule has 0 aromatic heterocycles. The minimum absolute atomic E-state index is 0.336. The Morgan fingerprint density at radius 1 is 0.935 bits per heavy atom. The van der Waals surface area contributed by atoms with Crippen LogP contribution in [0, 0.1) is 0 Å². The van der Waals surface area contributed by atoms with Gasteiger partial charge in [-0.3, -0.25) is 14.5 Å². The Bertz CT molecular complexity index is 1190. The van der Waals surface area contributed by atoms with Crippen LogP contribution in [0.2, 0.25) is 0 Å². The van der Waals surface area contributed by atoms with Gasteiger partial charge in [0.15, 0.2) is 0 Å². The number of nitrogens with one attached hydrogen (secondary N) is 2. The van der Waals surface area contributed by atoms with E-state index in [1.807, 2.05) is 72.8 Å². The van der Waals surface area contributed by atoms with Crippen molar-refractivity contribution < 1.29 is 14.4 Å². The number of anilines is 1. The van der Waals surface area contributed by atoms with Crippen molar-refractivity contribution in [3.05, 3.63) is 90.0 Å². The van der Waals surface area contributed by atoms with E-state index in [1.54, 1.807) is 6.07 Å². The standard InChI is InChI=1S/C25H21N3O3/c29-22(26-21-13-7-5-11-19(21)17-8-2-1-3-9-17)16-28-23(30)25(27-24(28)31)15-14-18-10-4-6-12-20(18)25/h1-13H,14-16H2,(H,26,29)(H,27,31)/t25-/m1/s1. The Balaban J connectivity index is 1.36. The summed E-state index contributed by atoms with van der Waals surface area (Å²) in [5, 5.41) is 5.71. The molecule has 2 N–H and O–H groups in total. The molecule has 6 heteroatoms. The monoisotopic (exact) mass is 411 g/mol. The first-order valence-corrected chi connectivity index (χ1v) is 10.3. The third-order valence-electron chi connectivity index (χ3n) is 6.01. The van der Waals surface area contributed by atoms with Gasteiger partial charge < -0.3 is 10.6 Å². The molecule has 154 valence electrons. The maximum atomic E-state index is 13.2. The summed E-state index contributed by atoms with van der Waals surface area (Å²) in [7, 11) is 0. The number of hydrogen-bond donors (Lipinski definition) is 2. The van der Waals surface area contributed by atoms with Crippen molar-refractivity contribution in [2.24, 2.45) is 0 Å². The zero-order chi connectivity index (χ0) is 21.4. The number of rotatable bonds is 4. The number of hydrogen-bond acceptors (Lipinski definition) is 3. The first-order valence-electron chi connectivity index (χ1n) is 10.3. The number of fused-ring (bicyclic) bond motifs is 2. The smallest absolute Gasteiger partial charge is 0.324 e. The molecular formula is C25H21N3O3. The van der Waals surface area contributed by atoms with Crippen LogP contribution in [0.25, 0.3) is 11.1 Å². The Kier molecular flexibility index (Phi) is 4.55. The van der Waals surface area contributed by atoms with Gasteiger partial charge in [0.25, 0.3) is 5.91 Å². The molecule has 4 amide bonds. The van der Waals surface area contributed by atoms with Gasteiger partial charge in [0.05, 0.1) is 0 Å². The quantitative estimate of drug-likeness (QED) is 0.643. The van der Waals surface area contributed by atoms with Gasteiger partial charge in [0.2, 0.25) is 5.91 Å². The number of carbonyl (C=O) groups excluding carboxylic acids is 3. The minimum atomic E-state index is -1.06. The third kappa shape index (κ3) is 3.17. The zero-order valence-electron chi connectivity index (χ0n) is 16.8. The summed E-state index contributed by atoms with van der Waals surface area (Å²) < 4.78 is 0. The molecule has 2 aliphatic rings. The van der Waals surface area contributed by atoms with Gasteiger partial charge in [0, 0.05) is 11.3 Å². The molecule has 1 heterocycles. The molecule has 0 radical (unpaired) electrons. The predicted octanol–water partition coefficient (Wildman–Crippen LogP) is 3.69. The second kappa shape index (κ2) is 7.40. The van der Waals surface area contributed by atoms with Gasteiger partial charge in [-0.05, 0) is 35.6 Å². The summed E-state index contributed by atoms with van der Waals surface area (Å²) in [6.45, 7) is -0.336. The number of aryl methyl sites for hydroxylation is 1.